The van der Waals surface area contributed by atoms with Crippen molar-refractivity contribution in [2.24, 2.45) is 5.92 Å². The lowest BCUT2D eigenvalue weighted by Crippen LogP contribution is -2.43. The maximum absolute atomic E-state index is 12.2. The zero-order valence-electron chi connectivity index (χ0n) is 12.6. The van der Waals surface area contributed by atoms with E-state index >= 15 is 0 Å². The molecule has 1 aliphatic rings. The fourth-order valence-electron chi connectivity index (χ4n) is 2.47. The molecule has 1 fully saturated rings. The van der Waals surface area contributed by atoms with Crippen LogP contribution in [0.4, 0.5) is 0 Å². The summed E-state index contributed by atoms with van der Waals surface area (Å²) in [6.45, 7) is 6.90. The summed E-state index contributed by atoms with van der Waals surface area (Å²) < 4.78 is 0. The average Bonchev–Trinajstić information content (AvgIpc) is 2.80. The SMILES string of the molecule is CC(C)(C)N1CC(C(=O)NCc2ccc(Cl)cc2)CC1=O. The molecule has 1 aromatic rings. The molecular weight excluding hydrogens is 288 g/mol. The molecule has 2 rings (SSSR count). The van der Waals surface area contributed by atoms with E-state index in [1.807, 2.05) is 32.9 Å². The molecule has 1 atom stereocenters. The van der Waals surface area contributed by atoms with Gasteiger partial charge in [0, 0.05) is 30.1 Å². The van der Waals surface area contributed by atoms with Crippen LogP contribution in [-0.4, -0.2) is 28.8 Å². The molecule has 1 aliphatic heterocycles. The Hall–Kier alpha value is -1.55. The Morgan fingerprint density at radius 3 is 2.48 bits per heavy atom. The molecule has 0 spiro atoms. The van der Waals surface area contributed by atoms with Gasteiger partial charge in [0.2, 0.25) is 11.8 Å². The van der Waals surface area contributed by atoms with Crippen molar-refractivity contribution in [3.63, 3.8) is 0 Å². The van der Waals surface area contributed by atoms with Crippen molar-refractivity contribution in [2.45, 2.75) is 39.3 Å². The molecule has 0 radical (unpaired) electrons. The molecule has 4 nitrogen and oxygen atoms in total. The molecule has 2 amide bonds. The number of carbonyl (C=O) groups excluding carboxylic acids is 2. The van der Waals surface area contributed by atoms with Gasteiger partial charge in [0.05, 0.1) is 5.92 Å². The van der Waals surface area contributed by atoms with E-state index in [1.165, 1.54) is 0 Å². The lowest BCUT2D eigenvalue weighted by molar-refractivity contribution is -0.132. The van der Waals surface area contributed by atoms with Gasteiger partial charge in [0.25, 0.3) is 0 Å². The molecule has 0 aliphatic carbocycles. The van der Waals surface area contributed by atoms with Gasteiger partial charge < -0.3 is 10.2 Å². The predicted octanol–water partition coefficient (Wildman–Crippen LogP) is 2.60. The highest BCUT2D eigenvalue weighted by molar-refractivity contribution is 6.30. The normalized spacial score (nSPS) is 19.0. The second kappa shape index (κ2) is 6.06. The van der Waals surface area contributed by atoms with Crippen molar-refractivity contribution in [1.29, 1.82) is 0 Å². The summed E-state index contributed by atoms with van der Waals surface area (Å²) in [5.74, 6) is -0.275. The Kier molecular flexibility index (Phi) is 4.57. The first kappa shape index (κ1) is 15.8. The third-order valence-corrected chi connectivity index (χ3v) is 3.94. The highest BCUT2D eigenvalue weighted by Crippen LogP contribution is 2.25. The van der Waals surface area contributed by atoms with Gasteiger partial charge in [-0.1, -0.05) is 23.7 Å². The van der Waals surface area contributed by atoms with Crippen molar-refractivity contribution in [3.8, 4) is 0 Å². The van der Waals surface area contributed by atoms with Crippen LogP contribution >= 0.6 is 11.6 Å². The highest BCUT2D eigenvalue weighted by atomic mass is 35.5. The number of likely N-dealkylation sites (tertiary alicyclic amines) is 1. The fraction of sp³-hybridized carbons (Fsp3) is 0.500. The first-order chi connectivity index (χ1) is 9.77. The average molecular weight is 309 g/mol. The van der Waals surface area contributed by atoms with Crippen LogP contribution in [0.5, 0.6) is 0 Å². The van der Waals surface area contributed by atoms with Crippen LogP contribution in [0.2, 0.25) is 5.02 Å². The number of hydrogen-bond donors (Lipinski definition) is 1. The zero-order chi connectivity index (χ0) is 15.6. The van der Waals surface area contributed by atoms with Crippen LogP contribution in [0, 0.1) is 5.92 Å². The molecule has 1 heterocycles. The number of amides is 2. The monoisotopic (exact) mass is 308 g/mol. The molecule has 0 saturated carbocycles. The zero-order valence-corrected chi connectivity index (χ0v) is 13.4. The predicted molar refractivity (Wildman–Crippen MR) is 82.9 cm³/mol. The molecule has 21 heavy (non-hydrogen) atoms. The molecule has 0 bridgehead atoms. The molecular formula is C16H21ClN2O2. The Morgan fingerprint density at radius 2 is 1.95 bits per heavy atom. The third-order valence-electron chi connectivity index (χ3n) is 3.69. The summed E-state index contributed by atoms with van der Waals surface area (Å²) in [6, 6.07) is 7.35. The van der Waals surface area contributed by atoms with E-state index in [4.69, 9.17) is 11.6 Å². The van der Waals surface area contributed by atoms with E-state index in [1.54, 1.807) is 17.0 Å². The molecule has 1 unspecified atom stereocenters. The summed E-state index contributed by atoms with van der Waals surface area (Å²) in [4.78, 5) is 25.9. The molecule has 5 heteroatoms. The quantitative estimate of drug-likeness (QED) is 0.933. The van der Waals surface area contributed by atoms with E-state index in [0.29, 0.717) is 24.5 Å². The largest absolute Gasteiger partial charge is 0.352 e. The number of halogens is 1. The van der Waals surface area contributed by atoms with Gasteiger partial charge in [-0.25, -0.2) is 0 Å². The van der Waals surface area contributed by atoms with Crippen molar-refractivity contribution in [2.75, 3.05) is 6.54 Å². The van der Waals surface area contributed by atoms with Gasteiger partial charge >= 0.3 is 0 Å². The first-order valence-corrected chi connectivity index (χ1v) is 7.48. The lowest BCUT2D eigenvalue weighted by atomic mass is 10.1. The summed E-state index contributed by atoms with van der Waals surface area (Å²) in [6.07, 6.45) is 0.295. The van der Waals surface area contributed by atoms with Crippen LogP contribution in [0.3, 0.4) is 0 Å². The van der Waals surface area contributed by atoms with Gasteiger partial charge in [-0.3, -0.25) is 9.59 Å². The Labute approximate surface area is 130 Å². The van der Waals surface area contributed by atoms with Crippen molar-refractivity contribution in [3.05, 3.63) is 34.9 Å². The van der Waals surface area contributed by atoms with Gasteiger partial charge in [0.1, 0.15) is 0 Å². The van der Waals surface area contributed by atoms with Gasteiger partial charge in [-0.2, -0.15) is 0 Å². The Balaban J connectivity index is 1.90. The van der Waals surface area contributed by atoms with Crippen LogP contribution in [0.15, 0.2) is 24.3 Å². The molecule has 1 aromatic carbocycles. The minimum absolute atomic E-state index is 0.0501. The number of benzene rings is 1. The van der Waals surface area contributed by atoms with Crippen LogP contribution < -0.4 is 5.32 Å². The maximum Gasteiger partial charge on any atom is 0.225 e. The van der Waals surface area contributed by atoms with E-state index in [0.717, 1.165) is 5.56 Å². The van der Waals surface area contributed by atoms with E-state index < -0.39 is 0 Å². The van der Waals surface area contributed by atoms with E-state index in [9.17, 15) is 9.59 Å². The number of hydrogen-bond acceptors (Lipinski definition) is 2. The number of carbonyl (C=O) groups is 2. The molecule has 114 valence electrons. The molecule has 1 saturated heterocycles. The van der Waals surface area contributed by atoms with Gasteiger partial charge in [-0.05, 0) is 38.5 Å². The second-order valence-electron chi connectivity index (χ2n) is 6.42. The van der Waals surface area contributed by atoms with Crippen LogP contribution in [0.25, 0.3) is 0 Å². The van der Waals surface area contributed by atoms with Crippen molar-refractivity contribution < 1.29 is 9.59 Å². The number of nitrogens with one attached hydrogen (secondary N) is 1. The lowest BCUT2D eigenvalue weighted by Gasteiger charge is -2.31. The number of nitrogens with zero attached hydrogens (tertiary/aromatic N) is 1. The first-order valence-electron chi connectivity index (χ1n) is 7.10. The van der Waals surface area contributed by atoms with Crippen LogP contribution in [0.1, 0.15) is 32.8 Å². The van der Waals surface area contributed by atoms with E-state index in [2.05, 4.69) is 5.32 Å². The van der Waals surface area contributed by atoms with E-state index in [-0.39, 0.29) is 23.3 Å². The third kappa shape index (κ3) is 3.97. The summed E-state index contributed by atoms with van der Waals surface area (Å²) in [7, 11) is 0. The fourth-order valence-corrected chi connectivity index (χ4v) is 2.59. The summed E-state index contributed by atoms with van der Waals surface area (Å²) in [5, 5.41) is 3.57. The minimum atomic E-state index is -0.260. The smallest absolute Gasteiger partial charge is 0.225 e. The van der Waals surface area contributed by atoms with Crippen LogP contribution in [-0.2, 0) is 16.1 Å². The highest BCUT2D eigenvalue weighted by Gasteiger charge is 2.39. The van der Waals surface area contributed by atoms with Gasteiger partial charge in [0.15, 0.2) is 0 Å². The molecule has 0 aromatic heterocycles. The standard InChI is InChI=1S/C16H21ClN2O2/c1-16(2,3)19-10-12(8-14(19)20)15(21)18-9-11-4-6-13(17)7-5-11/h4-7,12H,8-10H2,1-3H3,(H,18,21). The van der Waals surface area contributed by atoms with Crippen molar-refractivity contribution in [1.82, 2.24) is 10.2 Å². The maximum atomic E-state index is 12.2. The van der Waals surface area contributed by atoms with Gasteiger partial charge in [-0.15, -0.1) is 0 Å². The summed E-state index contributed by atoms with van der Waals surface area (Å²) >= 11 is 5.82. The summed E-state index contributed by atoms with van der Waals surface area (Å²) in [5.41, 5.74) is 0.757. The Bertz CT molecular complexity index is 534. The minimum Gasteiger partial charge on any atom is -0.352 e. The van der Waals surface area contributed by atoms with Crippen molar-refractivity contribution >= 4 is 23.4 Å². The number of rotatable bonds is 3. The molecule has 1 N–H and O–H groups in total. The second-order valence-corrected chi connectivity index (χ2v) is 6.86. The Morgan fingerprint density at radius 1 is 1.33 bits per heavy atom. The topological polar surface area (TPSA) is 49.4 Å².